The smallest absolute Gasteiger partial charge is 0.321 e. The Morgan fingerprint density at radius 3 is 2.59 bits per heavy atom. The molecule has 4 heteroatoms. The number of carboxylic acid groups (broad SMARTS) is 1. The predicted octanol–water partition coefficient (Wildman–Crippen LogP) is 2.79. The Labute approximate surface area is 130 Å². The molecule has 0 aromatic heterocycles. The van der Waals surface area contributed by atoms with E-state index in [2.05, 4.69) is 5.32 Å². The van der Waals surface area contributed by atoms with Crippen molar-refractivity contribution in [3.05, 3.63) is 65.2 Å². The first-order chi connectivity index (χ1) is 10.6. The van der Waals surface area contributed by atoms with Gasteiger partial charge in [0.1, 0.15) is 11.8 Å². The third-order valence-electron chi connectivity index (χ3n) is 3.56. The summed E-state index contributed by atoms with van der Waals surface area (Å²) < 4.78 is 5.32. The second-order valence-electron chi connectivity index (χ2n) is 5.28. The molecular formula is C18H21NO3. The molecule has 0 aliphatic rings. The molecule has 0 bridgehead atoms. The van der Waals surface area contributed by atoms with Crippen molar-refractivity contribution in [2.75, 3.05) is 7.11 Å². The fourth-order valence-corrected chi connectivity index (χ4v) is 2.38. The highest BCUT2D eigenvalue weighted by atomic mass is 16.5. The van der Waals surface area contributed by atoms with Crippen LogP contribution in [0.2, 0.25) is 0 Å². The van der Waals surface area contributed by atoms with Crippen LogP contribution in [0.4, 0.5) is 0 Å². The fraction of sp³-hybridized carbons (Fsp3) is 0.278. The van der Waals surface area contributed by atoms with E-state index in [1.54, 1.807) is 7.11 Å². The molecule has 0 spiro atoms. The van der Waals surface area contributed by atoms with E-state index >= 15 is 0 Å². The van der Waals surface area contributed by atoms with Crippen LogP contribution in [0.5, 0.6) is 5.75 Å². The molecule has 2 aromatic rings. The largest absolute Gasteiger partial charge is 0.496 e. The van der Waals surface area contributed by atoms with E-state index in [-0.39, 0.29) is 0 Å². The molecule has 116 valence electrons. The van der Waals surface area contributed by atoms with Gasteiger partial charge in [-0.1, -0.05) is 48.0 Å². The number of ether oxygens (including phenoxy) is 1. The van der Waals surface area contributed by atoms with Crippen LogP contribution in [0.1, 0.15) is 16.7 Å². The van der Waals surface area contributed by atoms with Crippen molar-refractivity contribution in [1.82, 2.24) is 5.32 Å². The summed E-state index contributed by atoms with van der Waals surface area (Å²) >= 11 is 0. The van der Waals surface area contributed by atoms with Gasteiger partial charge in [0.2, 0.25) is 0 Å². The molecule has 0 saturated carbocycles. The highest BCUT2D eigenvalue weighted by Gasteiger charge is 2.18. The predicted molar refractivity (Wildman–Crippen MR) is 86.1 cm³/mol. The van der Waals surface area contributed by atoms with Crippen LogP contribution < -0.4 is 10.1 Å². The summed E-state index contributed by atoms with van der Waals surface area (Å²) in [7, 11) is 1.62. The summed E-state index contributed by atoms with van der Waals surface area (Å²) in [5.74, 6) is -0.0857. The van der Waals surface area contributed by atoms with E-state index in [9.17, 15) is 9.90 Å². The van der Waals surface area contributed by atoms with Crippen LogP contribution >= 0.6 is 0 Å². The average Bonchev–Trinajstić information content (AvgIpc) is 2.52. The first-order valence-electron chi connectivity index (χ1n) is 7.24. The van der Waals surface area contributed by atoms with Crippen LogP contribution in [0, 0.1) is 6.92 Å². The van der Waals surface area contributed by atoms with Crippen molar-refractivity contribution in [1.29, 1.82) is 0 Å². The molecule has 0 aliphatic heterocycles. The molecule has 0 amide bonds. The molecule has 2 N–H and O–H groups in total. The van der Waals surface area contributed by atoms with Gasteiger partial charge in [-0.2, -0.15) is 0 Å². The number of aryl methyl sites for hydroxylation is 1. The lowest BCUT2D eigenvalue weighted by Crippen LogP contribution is -2.38. The summed E-state index contributed by atoms with van der Waals surface area (Å²) in [4.78, 5) is 11.5. The number of nitrogens with one attached hydrogen (secondary N) is 1. The van der Waals surface area contributed by atoms with Crippen molar-refractivity contribution in [2.45, 2.75) is 25.9 Å². The molecular weight excluding hydrogens is 278 g/mol. The molecule has 2 rings (SSSR count). The number of methoxy groups -OCH3 is 1. The number of hydrogen-bond donors (Lipinski definition) is 2. The highest BCUT2D eigenvalue weighted by molar-refractivity contribution is 5.73. The normalized spacial score (nSPS) is 11.9. The van der Waals surface area contributed by atoms with Crippen molar-refractivity contribution >= 4 is 5.97 Å². The third kappa shape index (κ3) is 4.33. The molecule has 0 fully saturated rings. The van der Waals surface area contributed by atoms with Gasteiger partial charge in [0, 0.05) is 12.1 Å². The number of carboxylic acids is 1. The summed E-state index contributed by atoms with van der Waals surface area (Å²) in [5, 5.41) is 12.5. The van der Waals surface area contributed by atoms with Crippen LogP contribution in [0.3, 0.4) is 0 Å². The fourth-order valence-electron chi connectivity index (χ4n) is 2.38. The van der Waals surface area contributed by atoms with Crippen LogP contribution in [0.25, 0.3) is 0 Å². The van der Waals surface area contributed by atoms with Crippen molar-refractivity contribution in [3.8, 4) is 5.75 Å². The molecule has 0 aliphatic carbocycles. The first-order valence-corrected chi connectivity index (χ1v) is 7.24. The van der Waals surface area contributed by atoms with E-state index in [0.29, 0.717) is 13.0 Å². The SMILES string of the molecule is COc1ccc(C)cc1CN[C@@H](Cc1ccccc1)C(=O)O. The maximum Gasteiger partial charge on any atom is 0.321 e. The van der Waals surface area contributed by atoms with Crippen molar-refractivity contribution in [2.24, 2.45) is 0 Å². The number of rotatable bonds is 7. The zero-order valence-electron chi connectivity index (χ0n) is 12.9. The van der Waals surface area contributed by atoms with E-state index in [1.807, 2.05) is 55.5 Å². The maximum atomic E-state index is 11.5. The number of hydrogen-bond acceptors (Lipinski definition) is 3. The van der Waals surface area contributed by atoms with Crippen LogP contribution in [-0.4, -0.2) is 24.2 Å². The summed E-state index contributed by atoms with van der Waals surface area (Å²) in [6.45, 7) is 2.45. The first kappa shape index (κ1) is 16.0. The summed E-state index contributed by atoms with van der Waals surface area (Å²) in [6.07, 6.45) is 0.449. The van der Waals surface area contributed by atoms with Gasteiger partial charge in [-0.15, -0.1) is 0 Å². The van der Waals surface area contributed by atoms with Crippen LogP contribution in [-0.2, 0) is 17.8 Å². The molecule has 4 nitrogen and oxygen atoms in total. The molecule has 1 atom stereocenters. The van der Waals surface area contributed by atoms with E-state index in [0.717, 1.165) is 22.4 Å². The highest BCUT2D eigenvalue weighted by Crippen LogP contribution is 2.19. The Kier molecular flexibility index (Phi) is 5.55. The Morgan fingerprint density at radius 1 is 1.23 bits per heavy atom. The second-order valence-corrected chi connectivity index (χ2v) is 5.28. The molecule has 0 radical (unpaired) electrons. The second kappa shape index (κ2) is 7.61. The zero-order valence-corrected chi connectivity index (χ0v) is 12.9. The van der Waals surface area contributed by atoms with Gasteiger partial charge in [0.05, 0.1) is 7.11 Å². The Balaban J connectivity index is 2.06. The van der Waals surface area contributed by atoms with Gasteiger partial charge in [0.15, 0.2) is 0 Å². The minimum absolute atomic E-state index is 0.449. The standard InChI is InChI=1S/C18H21NO3/c1-13-8-9-17(22-2)15(10-13)12-19-16(18(20)21)11-14-6-4-3-5-7-14/h3-10,16,19H,11-12H2,1-2H3,(H,20,21)/t16-/m0/s1. The topological polar surface area (TPSA) is 58.6 Å². The maximum absolute atomic E-state index is 11.5. The molecule has 2 aromatic carbocycles. The summed E-state index contributed by atoms with van der Waals surface area (Å²) in [5.41, 5.74) is 3.08. The third-order valence-corrected chi connectivity index (χ3v) is 3.56. The van der Waals surface area contributed by atoms with E-state index in [4.69, 9.17) is 4.74 Å². The Morgan fingerprint density at radius 2 is 1.95 bits per heavy atom. The quantitative estimate of drug-likeness (QED) is 0.825. The average molecular weight is 299 g/mol. The monoisotopic (exact) mass is 299 g/mol. The molecule has 0 saturated heterocycles. The van der Waals surface area contributed by atoms with Crippen LogP contribution in [0.15, 0.2) is 48.5 Å². The van der Waals surface area contributed by atoms with Crippen molar-refractivity contribution < 1.29 is 14.6 Å². The summed E-state index contributed by atoms with van der Waals surface area (Å²) in [6, 6.07) is 14.9. The van der Waals surface area contributed by atoms with E-state index < -0.39 is 12.0 Å². The zero-order chi connectivity index (χ0) is 15.9. The van der Waals surface area contributed by atoms with E-state index in [1.165, 1.54) is 0 Å². The van der Waals surface area contributed by atoms with Gasteiger partial charge >= 0.3 is 5.97 Å². The Hall–Kier alpha value is -2.33. The minimum Gasteiger partial charge on any atom is -0.496 e. The van der Waals surface area contributed by atoms with Gasteiger partial charge in [-0.05, 0) is 25.0 Å². The lowest BCUT2D eigenvalue weighted by atomic mass is 10.1. The minimum atomic E-state index is -0.851. The van der Waals surface area contributed by atoms with Gasteiger partial charge in [-0.3, -0.25) is 10.1 Å². The molecule has 0 unspecified atom stereocenters. The van der Waals surface area contributed by atoms with Gasteiger partial charge in [0.25, 0.3) is 0 Å². The number of aliphatic carboxylic acids is 1. The number of carbonyl (C=O) groups is 1. The number of benzene rings is 2. The Bertz CT molecular complexity index is 625. The lowest BCUT2D eigenvalue weighted by Gasteiger charge is -2.16. The van der Waals surface area contributed by atoms with Gasteiger partial charge < -0.3 is 9.84 Å². The van der Waals surface area contributed by atoms with Crippen molar-refractivity contribution in [3.63, 3.8) is 0 Å². The molecule has 22 heavy (non-hydrogen) atoms. The van der Waals surface area contributed by atoms with Gasteiger partial charge in [-0.25, -0.2) is 0 Å². The lowest BCUT2D eigenvalue weighted by molar-refractivity contribution is -0.139. The molecule has 0 heterocycles.